The lowest BCUT2D eigenvalue weighted by molar-refractivity contribution is -0.138. The van der Waals surface area contributed by atoms with E-state index in [1.54, 1.807) is 18.6 Å². The molecule has 30 heavy (non-hydrogen) atoms. The molecule has 0 aliphatic carbocycles. The molecule has 0 bridgehead atoms. The average Bonchev–Trinajstić information content (AvgIpc) is 2.79. The SMILES string of the molecule is CC(C)N1CCC(C(=O)N2CCC[C@H](c3cccc(Nc4cnccn4)n3)C2)CC1. The Hall–Kier alpha value is -2.54. The van der Waals surface area contributed by atoms with E-state index in [1.807, 2.05) is 12.1 Å². The Morgan fingerprint density at radius 3 is 2.67 bits per heavy atom. The molecule has 160 valence electrons. The summed E-state index contributed by atoms with van der Waals surface area (Å²) in [4.78, 5) is 30.9. The zero-order chi connectivity index (χ0) is 20.9. The van der Waals surface area contributed by atoms with Crippen molar-refractivity contribution in [3.05, 3.63) is 42.5 Å². The molecule has 0 saturated carbocycles. The standard InChI is InChI=1S/C23H32N6O/c1-17(2)28-13-8-18(9-14-28)23(30)29-12-4-5-19(16-29)20-6-3-7-21(26-20)27-22-15-24-10-11-25-22/h3,6-7,10-11,15,17-19H,4-5,8-9,12-14,16H2,1-2H3,(H,25,26,27)/t19-/m0/s1. The van der Waals surface area contributed by atoms with Crippen molar-refractivity contribution in [3.8, 4) is 0 Å². The molecule has 2 aromatic rings. The highest BCUT2D eigenvalue weighted by molar-refractivity contribution is 5.79. The lowest BCUT2D eigenvalue weighted by Crippen LogP contribution is -2.47. The summed E-state index contributed by atoms with van der Waals surface area (Å²) >= 11 is 0. The average molecular weight is 409 g/mol. The topological polar surface area (TPSA) is 74.2 Å². The second-order valence-corrected chi connectivity index (χ2v) is 8.69. The minimum atomic E-state index is 0.177. The van der Waals surface area contributed by atoms with E-state index in [2.05, 4.69) is 45.0 Å². The molecule has 0 radical (unpaired) electrons. The fourth-order valence-corrected chi connectivity index (χ4v) is 4.58. The van der Waals surface area contributed by atoms with E-state index in [0.717, 1.165) is 63.4 Å². The Morgan fingerprint density at radius 1 is 1.10 bits per heavy atom. The van der Waals surface area contributed by atoms with Gasteiger partial charge in [0.1, 0.15) is 11.6 Å². The number of pyridine rings is 1. The van der Waals surface area contributed by atoms with Gasteiger partial charge in [0.05, 0.1) is 6.20 Å². The van der Waals surface area contributed by atoms with Crippen molar-refractivity contribution in [1.82, 2.24) is 24.8 Å². The van der Waals surface area contributed by atoms with Crippen LogP contribution in [-0.4, -0.2) is 62.9 Å². The molecule has 1 amide bonds. The number of hydrogen-bond acceptors (Lipinski definition) is 6. The largest absolute Gasteiger partial charge is 0.342 e. The van der Waals surface area contributed by atoms with Crippen LogP contribution in [0.15, 0.2) is 36.8 Å². The van der Waals surface area contributed by atoms with Crippen molar-refractivity contribution >= 4 is 17.5 Å². The molecule has 1 N–H and O–H groups in total. The summed E-state index contributed by atoms with van der Waals surface area (Å²) in [5.41, 5.74) is 1.04. The number of nitrogens with zero attached hydrogens (tertiary/aromatic N) is 5. The van der Waals surface area contributed by atoms with Crippen molar-refractivity contribution < 1.29 is 4.79 Å². The van der Waals surface area contributed by atoms with Gasteiger partial charge < -0.3 is 15.1 Å². The molecule has 2 aliphatic heterocycles. The highest BCUT2D eigenvalue weighted by Crippen LogP contribution is 2.29. The summed E-state index contributed by atoms with van der Waals surface area (Å²) < 4.78 is 0. The zero-order valence-electron chi connectivity index (χ0n) is 18.0. The fraction of sp³-hybridized carbons (Fsp3) is 0.565. The third-order valence-electron chi connectivity index (χ3n) is 6.35. The molecule has 7 nitrogen and oxygen atoms in total. The number of piperidine rings is 2. The molecule has 2 aliphatic rings. The Kier molecular flexibility index (Phi) is 6.57. The monoisotopic (exact) mass is 408 g/mol. The van der Waals surface area contributed by atoms with E-state index in [-0.39, 0.29) is 11.8 Å². The van der Waals surface area contributed by atoms with Crippen LogP contribution in [0.3, 0.4) is 0 Å². The second-order valence-electron chi connectivity index (χ2n) is 8.69. The van der Waals surface area contributed by atoms with Crippen molar-refractivity contribution in [2.45, 2.75) is 51.5 Å². The minimum absolute atomic E-state index is 0.177. The van der Waals surface area contributed by atoms with Crippen LogP contribution in [0.4, 0.5) is 11.6 Å². The highest BCUT2D eigenvalue weighted by atomic mass is 16.2. The molecule has 1 atom stereocenters. The van der Waals surface area contributed by atoms with E-state index >= 15 is 0 Å². The van der Waals surface area contributed by atoms with Gasteiger partial charge in [-0.3, -0.25) is 9.78 Å². The summed E-state index contributed by atoms with van der Waals surface area (Å²) in [6.07, 6.45) is 9.04. The van der Waals surface area contributed by atoms with Gasteiger partial charge in [-0.05, 0) is 64.8 Å². The van der Waals surface area contributed by atoms with Crippen LogP contribution in [0.2, 0.25) is 0 Å². The van der Waals surface area contributed by atoms with Crippen molar-refractivity contribution in [2.24, 2.45) is 5.92 Å². The first kappa shape index (κ1) is 20.7. The smallest absolute Gasteiger partial charge is 0.225 e. The van der Waals surface area contributed by atoms with Crippen LogP contribution in [0.25, 0.3) is 0 Å². The van der Waals surface area contributed by atoms with Gasteiger partial charge in [-0.1, -0.05) is 6.07 Å². The van der Waals surface area contributed by atoms with Crippen LogP contribution in [0.1, 0.15) is 51.1 Å². The van der Waals surface area contributed by atoms with E-state index in [9.17, 15) is 4.79 Å². The molecular formula is C23H32N6O. The third kappa shape index (κ3) is 4.95. The molecule has 2 aromatic heterocycles. The number of carbonyl (C=O) groups excluding carboxylic acids is 1. The van der Waals surface area contributed by atoms with Crippen molar-refractivity contribution in [1.29, 1.82) is 0 Å². The normalized spacial score (nSPS) is 21.0. The second kappa shape index (κ2) is 9.51. The van der Waals surface area contributed by atoms with Crippen molar-refractivity contribution in [3.63, 3.8) is 0 Å². The van der Waals surface area contributed by atoms with Gasteiger partial charge in [-0.2, -0.15) is 0 Å². The van der Waals surface area contributed by atoms with Gasteiger partial charge in [0.15, 0.2) is 0 Å². The maximum atomic E-state index is 13.2. The van der Waals surface area contributed by atoms with Crippen LogP contribution in [-0.2, 0) is 4.79 Å². The third-order valence-corrected chi connectivity index (χ3v) is 6.35. The maximum Gasteiger partial charge on any atom is 0.225 e. The van der Waals surface area contributed by atoms with Gasteiger partial charge in [-0.15, -0.1) is 0 Å². The van der Waals surface area contributed by atoms with Crippen molar-refractivity contribution in [2.75, 3.05) is 31.5 Å². The number of amides is 1. The summed E-state index contributed by atoms with van der Waals surface area (Å²) in [6.45, 7) is 8.17. The first-order chi connectivity index (χ1) is 14.6. The van der Waals surface area contributed by atoms with E-state index in [1.165, 1.54) is 0 Å². The highest BCUT2D eigenvalue weighted by Gasteiger charge is 2.32. The summed E-state index contributed by atoms with van der Waals surface area (Å²) in [6, 6.07) is 6.59. The van der Waals surface area contributed by atoms with E-state index in [4.69, 9.17) is 4.98 Å². The predicted octanol–water partition coefficient (Wildman–Crippen LogP) is 3.44. The maximum absolute atomic E-state index is 13.2. The first-order valence-electron chi connectivity index (χ1n) is 11.1. The quantitative estimate of drug-likeness (QED) is 0.817. The molecule has 2 fully saturated rings. The molecule has 7 heteroatoms. The lowest BCUT2D eigenvalue weighted by Gasteiger charge is -2.38. The summed E-state index contributed by atoms with van der Waals surface area (Å²) in [5.74, 6) is 2.24. The molecule has 4 heterocycles. The first-order valence-corrected chi connectivity index (χ1v) is 11.1. The number of rotatable bonds is 5. The number of likely N-dealkylation sites (tertiary alicyclic amines) is 2. The molecule has 0 spiro atoms. The molecular weight excluding hydrogens is 376 g/mol. The minimum Gasteiger partial charge on any atom is -0.342 e. The lowest BCUT2D eigenvalue weighted by atomic mass is 9.90. The Labute approximate surface area is 178 Å². The van der Waals surface area contributed by atoms with Gasteiger partial charge in [0.25, 0.3) is 0 Å². The zero-order valence-corrected chi connectivity index (χ0v) is 18.0. The Balaban J connectivity index is 1.38. The van der Waals surface area contributed by atoms with Gasteiger partial charge >= 0.3 is 0 Å². The summed E-state index contributed by atoms with van der Waals surface area (Å²) in [7, 11) is 0. The van der Waals surface area contributed by atoms with Gasteiger partial charge in [-0.25, -0.2) is 9.97 Å². The number of anilines is 2. The summed E-state index contributed by atoms with van der Waals surface area (Å²) in [5, 5.41) is 3.21. The molecule has 4 rings (SSSR count). The molecule has 2 saturated heterocycles. The van der Waals surface area contributed by atoms with Crippen LogP contribution in [0, 0.1) is 5.92 Å². The number of nitrogens with one attached hydrogen (secondary N) is 1. The van der Waals surface area contributed by atoms with Gasteiger partial charge in [0, 0.05) is 49.1 Å². The predicted molar refractivity (Wildman–Crippen MR) is 118 cm³/mol. The Morgan fingerprint density at radius 2 is 1.93 bits per heavy atom. The molecule has 0 aromatic carbocycles. The van der Waals surface area contributed by atoms with E-state index < -0.39 is 0 Å². The number of carbonyl (C=O) groups is 1. The van der Waals surface area contributed by atoms with Crippen LogP contribution in [0.5, 0.6) is 0 Å². The molecule has 0 unspecified atom stereocenters. The van der Waals surface area contributed by atoms with Gasteiger partial charge in [0.2, 0.25) is 5.91 Å². The fourth-order valence-electron chi connectivity index (χ4n) is 4.58. The van der Waals surface area contributed by atoms with Crippen LogP contribution >= 0.6 is 0 Å². The van der Waals surface area contributed by atoms with Crippen LogP contribution < -0.4 is 5.32 Å². The number of hydrogen-bond donors (Lipinski definition) is 1. The number of aromatic nitrogens is 3. The van der Waals surface area contributed by atoms with E-state index in [0.29, 0.717) is 17.8 Å². The Bertz CT molecular complexity index is 835.